The van der Waals surface area contributed by atoms with Crippen molar-refractivity contribution in [2.75, 3.05) is 12.5 Å². The van der Waals surface area contributed by atoms with Crippen LogP contribution in [0.15, 0.2) is 24.3 Å². The first-order valence-corrected chi connectivity index (χ1v) is 2.97. The molecule has 0 saturated heterocycles. The molecule has 0 amide bonds. The fourth-order valence-corrected chi connectivity index (χ4v) is 0.687. The Morgan fingerprint density at radius 3 is 2.27 bits per heavy atom. The molecule has 3 nitrogen and oxygen atoms in total. The van der Waals surface area contributed by atoms with E-state index in [1.807, 2.05) is 24.3 Å². The molecule has 0 unspecified atom stereocenters. The Balaban J connectivity index is 0. The predicted octanol–water partition coefficient (Wildman–Crippen LogP) is -1.90. The van der Waals surface area contributed by atoms with Crippen LogP contribution in [0.25, 0.3) is 0 Å². The molecule has 0 aliphatic heterocycles. The second kappa shape index (κ2) is 5.43. The van der Waals surface area contributed by atoms with E-state index in [1.54, 1.807) is 7.11 Å². The number of methoxy groups -OCH3 is 1. The summed E-state index contributed by atoms with van der Waals surface area (Å²) in [6.45, 7) is 0. The molecule has 0 bridgehead atoms. The Morgan fingerprint density at radius 2 is 1.91 bits per heavy atom. The minimum Gasteiger partial charge on any atom is -1.00 e. The van der Waals surface area contributed by atoms with Gasteiger partial charge in [-0.3, -0.25) is 5.84 Å². The van der Waals surface area contributed by atoms with Crippen molar-refractivity contribution in [2.45, 2.75) is 0 Å². The number of hydrogen-bond donors (Lipinski definition) is 2. The monoisotopic (exact) mass is 162 g/mol. The fraction of sp³-hybridized carbons (Fsp3) is 0.143. The second-order valence-corrected chi connectivity index (χ2v) is 1.87. The van der Waals surface area contributed by atoms with Crippen LogP contribution in [0.4, 0.5) is 5.69 Å². The maximum absolute atomic E-state index is 5.15. The van der Waals surface area contributed by atoms with Gasteiger partial charge in [-0.05, 0) is 24.3 Å². The van der Waals surface area contributed by atoms with Crippen LogP contribution in [0.3, 0.4) is 0 Å². The van der Waals surface area contributed by atoms with Gasteiger partial charge >= 0.3 is 29.6 Å². The van der Waals surface area contributed by atoms with Crippen molar-refractivity contribution in [1.82, 2.24) is 0 Å². The van der Waals surface area contributed by atoms with Crippen molar-refractivity contribution in [1.29, 1.82) is 0 Å². The minimum atomic E-state index is 0. The van der Waals surface area contributed by atoms with Gasteiger partial charge in [-0.25, -0.2) is 0 Å². The first-order chi connectivity index (χ1) is 4.86. The van der Waals surface area contributed by atoms with Gasteiger partial charge < -0.3 is 11.6 Å². The molecule has 0 radical (unpaired) electrons. The summed E-state index contributed by atoms with van der Waals surface area (Å²) in [6, 6.07) is 7.38. The zero-order valence-corrected chi connectivity index (χ0v) is 8.79. The molecule has 0 aliphatic rings. The third kappa shape index (κ3) is 3.12. The Morgan fingerprint density at radius 1 is 1.36 bits per heavy atom. The normalized spacial score (nSPS) is 8.18. The number of nitrogens with two attached hydrogens (primary N) is 1. The van der Waals surface area contributed by atoms with Crippen LogP contribution in [0.5, 0.6) is 5.75 Å². The Bertz CT molecular complexity index is 182. The van der Waals surface area contributed by atoms with Crippen LogP contribution in [0.2, 0.25) is 0 Å². The van der Waals surface area contributed by atoms with Crippen LogP contribution in [0.1, 0.15) is 1.43 Å². The Kier molecular flexibility index (Phi) is 5.32. The number of nitrogens with one attached hydrogen (secondary N) is 1. The first kappa shape index (κ1) is 10.8. The number of rotatable bonds is 2. The number of hydrazine groups is 1. The molecular formula is C7H11N2NaO. The van der Waals surface area contributed by atoms with Gasteiger partial charge in [0.15, 0.2) is 0 Å². The molecule has 11 heavy (non-hydrogen) atoms. The van der Waals surface area contributed by atoms with Gasteiger partial charge in [-0.2, -0.15) is 0 Å². The minimum absolute atomic E-state index is 0. The molecule has 56 valence electrons. The van der Waals surface area contributed by atoms with E-state index < -0.39 is 0 Å². The topological polar surface area (TPSA) is 47.3 Å². The molecule has 1 rings (SSSR count). The van der Waals surface area contributed by atoms with Crippen molar-refractivity contribution in [3.05, 3.63) is 24.3 Å². The van der Waals surface area contributed by atoms with Gasteiger partial charge in [0, 0.05) is 5.69 Å². The molecule has 0 aromatic heterocycles. The van der Waals surface area contributed by atoms with Gasteiger partial charge in [0.25, 0.3) is 0 Å². The van der Waals surface area contributed by atoms with Crippen molar-refractivity contribution < 1.29 is 35.7 Å². The fourth-order valence-electron chi connectivity index (χ4n) is 0.687. The third-order valence-electron chi connectivity index (χ3n) is 1.26. The molecular weight excluding hydrogens is 151 g/mol. The summed E-state index contributed by atoms with van der Waals surface area (Å²) in [4.78, 5) is 0. The standard InChI is InChI=1S/C7H10N2O.Na.H/c1-10-7-4-2-6(9-8)3-5-7;;/h2-5,9H,8H2,1H3;;/q;+1;-1. The van der Waals surface area contributed by atoms with Gasteiger partial charge in [-0.1, -0.05) is 0 Å². The predicted molar refractivity (Wildman–Crippen MR) is 41.9 cm³/mol. The van der Waals surface area contributed by atoms with E-state index in [4.69, 9.17) is 10.6 Å². The van der Waals surface area contributed by atoms with E-state index in [0.29, 0.717) is 0 Å². The molecule has 0 fully saturated rings. The number of ether oxygens (including phenoxy) is 1. The molecule has 3 N–H and O–H groups in total. The number of benzene rings is 1. The average Bonchev–Trinajstić information content (AvgIpc) is 2.05. The van der Waals surface area contributed by atoms with Gasteiger partial charge in [0.2, 0.25) is 0 Å². The molecule has 0 spiro atoms. The van der Waals surface area contributed by atoms with Crippen LogP contribution in [-0.2, 0) is 0 Å². The second-order valence-electron chi connectivity index (χ2n) is 1.87. The third-order valence-corrected chi connectivity index (χ3v) is 1.26. The summed E-state index contributed by atoms with van der Waals surface area (Å²) in [5.41, 5.74) is 3.40. The molecule has 0 heterocycles. The average molecular weight is 162 g/mol. The van der Waals surface area contributed by atoms with E-state index in [9.17, 15) is 0 Å². The molecule has 0 atom stereocenters. The first-order valence-electron chi connectivity index (χ1n) is 2.97. The summed E-state index contributed by atoms with van der Waals surface area (Å²) < 4.78 is 4.95. The summed E-state index contributed by atoms with van der Waals surface area (Å²) >= 11 is 0. The van der Waals surface area contributed by atoms with E-state index >= 15 is 0 Å². The zero-order chi connectivity index (χ0) is 7.40. The van der Waals surface area contributed by atoms with Crippen LogP contribution in [-0.4, -0.2) is 7.11 Å². The number of hydrogen-bond acceptors (Lipinski definition) is 3. The smallest absolute Gasteiger partial charge is 1.00 e. The van der Waals surface area contributed by atoms with Gasteiger partial charge in [-0.15, -0.1) is 0 Å². The Hall–Kier alpha value is -0.220. The molecule has 0 aliphatic carbocycles. The van der Waals surface area contributed by atoms with E-state index in [2.05, 4.69) is 5.43 Å². The van der Waals surface area contributed by atoms with Crippen LogP contribution >= 0.6 is 0 Å². The quantitative estimate of drug-likeness (QED) is 0.303. The van der Waals surface area contributed by atoms with Gasteiger partial charge in [0.1, 0.15) is 5.75 Å². The molecule has 4 heteroatoms. The molecule has 1 aromatic carbocycles. The van der Waals surface area contributed by atoms with Gasteiger partial charge in [0.05, 0.1) is 7.11 Å². The Labute approximate surface area is 89.7 Å². The summed E-state index contributed by atoms with van der Waals surface area (Å²) in [7, 11) is 1.63. The number of nitrogen functional groups attached to an aromatic ring is 1. The largest absolute Gasteiger partial charge is 1.00 e. The van der Waals surface area contributed by atoms with E-state index in [-0.39, 0.29) is 31.0 Å². The van der Waals surface area contributed by atoms with Crippen molar-refractivity contribution in [2.24, 2.45) is 5.84 Å². The van der Waals surface area contributed by atoms with Crippen LogP contribution in [0, 0.1) is 0 Å². The van der Waals surface area contributed by atoms with Crippen molar-refractivity contribution in [3.8, 4) is 5.75 Å². The van der Waals surface area contributed by atoms with E-state index in [1.165, 1.54) is 0 Å². The number of anilines is 1. The SMILES string of the molecule is COc1ccc(NN)cc1.[H-].[Na+]. The summed E-state index contributed by atoms with van der Waals surface area (Å²) in [6.07, 6.45) is 0. The maximum Gasteiger partial charge on any atom is 1.00 e. The van der Waals surface area contributed by atoms with Crippen molar-refractivity contribution in [3.63, 3.8) is 0 Å². The van der Waals surface area contributed by atoms with Crippen LogP contribution < -0.4 is 45.6 Å². The summed E-state index contributed by atoms with van der Waals surface area (Å²) in [5.74, 6) is 5.98. The summed E-state index contributed by atoms with van der Waals surface area (Å²) in [5, 5.41) is 0. The maximum atomic E-state index is 5.15. The van der Waals surface area contributed by atoms with E-state index in [0.717, 1.165) is 11.4 Å². The van der Waals surface area contributed by atoms with Crippen molar-refractivity contribution >= 4 is 5.69 Å². The molecule has 1 aromatic rings. The zero-order valence-electron chi connectivity index (χ0n) is 7.79. The molecule has 0 saturated carbocycles.